The molecule has 1 atom stereocenters. The molecule has 1 fully saturated rings. The van der Waals surface area contributed by atoms with E-state index in [1.165, 1.54) is 0 Å². The number of carbonyl (C=O) groups is 3. The molecule has 5 nitrogen and oxygen atoms in total. The molecule has 0 aliphatic carbocycles. The molecule has 0 bridgehead atoms. The predicted octanol–water partition coefficient (Wildman–Crippen LogP) is -0.318. The highest BCUT2D eigenvalue weighted by molar-refractivity contribution is 6.38. The Morgan fingerprint density at radius 1 is 1.62 bits per heavy atom. The molecule has 0 aromatic carbocycles. The summed E-state index contributed by atoms with van der Waals surface area (Å²) in [5.74, 6) is -3.33. The summed E-state index contributed by atoms with van der Waals surface area (Å²) in [6, 6.07) is 0. The molecule has 0 aromatic heterocycles. The molecule has 0 radical (unpaired) electrons. The quantitative estimate of drug-likeness (QED) is 0.343. The third kappa shape index (κ3) is 2.05. The average molecular weight is 186 g/mol. The second-order valence-electron chi connectivity index (χ2n) is 2.59. The van der Waals surface area contributed by atoms with Gasteiger partial charge in [-0.25, -0.2) is 4.79 Å². The molecule has 13 heavy (non-hydrogen) atoms. The van der Waals surface area contributed by atoms with Crippen molar-refractivity contribution in [1.29, 1.82) is 0 Å². The van der Waals surface area contributed by atoms with Crippen LogP contribution >= 0.6 is 0 Å². The van der Waals surface area contributed by atoms with Crippen LogP contribution in [0.15, 0.2) is 0 Å². The lowest BCUT2D eigenvalue weighted by Gasteiger charge is -2.02. The fourth-order valence-electron chi connectivity index (χ4n) is 1.08. The molecular formula is C8H10O5. The Labute approximate surface area is 75.0 Å². The van der Waals surface area contributed by atoms with Crippen molar-refractivity contribution in [2.75, 3.05) is 13.2 Å². The minimum absolute atomic E-state index is 0.131. The van der Waals surface area contributed by atoms with E-state index in [9.17, 15) is 14.4 Å². The first-order chi connectivity index (χ1) is 6.16. The maximum atomic E-state index is 11.2. The summed E-state index contributed by atoms with van der Waals surface area (Å²) >= 11 is 0. The smallest absolute Gasteiger partial charge is 0.375 e. The normalized spacial score (nSPS) is 21.0. The van der Waals surface area contributed by atoms with Gasteiger partial charge in [0.05, 0.1) is 13.2 Å². The molecule has 0 saturated carbocycles. The summed E-state index contributed by atoms with van der Waals surface area (Å²) in [6.45, 7) is 1.93. The van der Waals surface area contributed by atoms with Gasteiger partial charge in [-0.2, -0.15) is 0 Å². The Kier molecular flexibility index (Phi) is 3.00. The van der Waals surface area contributed by atoms with Gasteiger partial charge in [-0.05, 0) is 6.92 Å². The first-order valence-electron chi connectivity index (χ1n) is 4.04. The highest BCUT2D eigenvalue weighted by Crippen LogP contribution is 2.15. The SMILES string of the molecule is CCOC(=O)C(=O)[C@H]1CCOC1=O. The van der Waals surface area contributed by atoms with E-state index in [4.69, 9.17) is 0 Å². The van der Waals surface area contributed by atoms with Crippen LogP contribution in [-0.2, 0) is 23.9 Å². The number of cyclic esters (lactones) is 1. The van der Waals surface area contributed by atoms with E-state index in [0.717, 1.165) is 0 Å². The Balaban J connectivity index is 2.56. The molecule has 0 spiro atoms. The van der Waals surface area contributed by atoms with Gasteiger partial charge >= 0.3 is 11.9 Å². The molecule has 0 unspecified atom stereocenters. The molecular weight excluding hydrogens is 176 g/mol. The zero-order chi connectivity index (χ0) is 9.84. The number of esters is 2. The minimum Gasteiger partial charge on any atom is -0.465 e. The van der Waals surface area contributed by atoms with E-state index in [1.54, 1.807) is 6.92 Å². The van der Waals surface area contributed by atoms with Crippen LogP contribution in [0, 0.1) is 5.92 Å². The van der Waals surface area contributed by atoms with E-state index >= 15 is 0 Å². The monoisotopic (exact) mass is 186 g/mol. The molecule has 1 aliphatic rings. The zero-order valence-electron chi connectivity index (χ0n) is 7.24. The van der Waals surface area contributed by atoms with Gasteiger partial charge < -0.3 is 9.47 Å². The standard InChI is InChI=1S/C8H10O5/c1-2-12-8(11)6(9)5-3-4-13-7(5)10/h5H,2-4H2,1H3/t5-/m1/s1. The number of rotatable bonds is 3. The average Bonchev–Trinajstić information content (AvgIpc) is 2.50. The number of ether oxygens (including phenoxy) is 2. The van der Waals surface area contributed by atoms with Crippen molar-refractivity contribution in [1.82, 2.24) is 0 Å². The molecule has 0 N–H and O–H groups in total. The Hall–Kier alpha value is -1.39. The van der Waals surface area contributed by atoms with E-state index in [1.807, 2.05) is 0 Å². The van der Waals surface area contributed by atoms with Crippen molar-refractivity contribution in [2.45, 2.75) is 13.3 Å². The van der Waals surface area contributed by atoms with Crippen molar-refractivity contribution in [3.8, 4) is 0 Å². The highest BCUT2D eigenvalue weighted by Gasteiger charge is 2.37. The van der Waals surface area contributed by atoms with Crippen LogP contribution in [-0.4, -0.2) is 30.9 Å². The van der Waals surface area contributed by atoms with Crippen LogP contribution in [0.5, 0.6) is 0 Å². The van der Waals surface area contributed by atoms with Crippen molar-refractivity contribution < 1.29 is 23.9 Å². The van der Waals surface area contributed by atoms with Crippen LogP contribution in [0.1, 0.15) is 13.3 Å². The summed E-state index contributed by atoms with van der Waals surface area (Å²) in [7, 11) is 0. The third-order valence-electron chi connectivity index (χ3n) is 1.73. The van der Waals surface area contributed by atoms with E-state index in [0.29, 0.717) is 0 Å². The number of ketones is 1. The maximum absolute atomic E-state index is 11.2. The summed E-state index contributed by atoms with van der Waals surface area (Å²) in [5.41, 5.74) is 0. The van der Waals surface area contributed by atoms with Crippen LogP contribution in [0.2, 0.25) is 0 Å². The molecule has 1 aliphatic heterocycles. The molecule has 1 saturated heterocycles. The van der Waals surface area contributed by atoms with Crippen molar-refractivity contribution in [3.63, 3.8) is 0 Å². The maximum Gasteiger partial charge on any atom is 0.375 e. The number of hydrogen-bond donors (Lipinski definition) is 0. The lowest BCUT2D eigenvalue weighted by atomic mass is 10.0. The van der Waals surface area contributed by atoms with Gasteiger partial charge in [-0.1, -0.05) is 0 Å². The molecule has 72 valence electrons. The number of Topliss-reactive ketones (excluding diaryl/α,β-unsaturated/α-hetero) is 1. The summed E-state index contributed by atoms with van der Waals surface area (Å²) in [6.07, 6.45) is 0.274. The topological polar surface area (TPSA) is 69.7 Å². The third-order valence-corrected chi connectivity index (χ3v) is 1.73. The summed E-state index contributed by atoms with van der Waals surface area (Å²) in [4.78, 5) is 32.9. The van der Waals surface area contributed by atoms with Crippen LogP contribution in [0.3, 0.4) is 0 Å². The summed E-state index contributed by atoms with van der Waals surface area (Å²) in [5, 5.41) is 0. The fourth-order valence-corrected chi connectivity index (χ4v) is 1.08. The van der Waals surface area contributed by atoms with Gasteiger partial charge in [-0.3, -0.25) is 9.59 Å². The Morgan fingerprint density at radius 3 is 2.77 bits per heavy atom. The first kappa shape index (κ1) is 9.70. The lowest BCUT2D eigenvalue weighted by Crippen LogP contribution is -2.28. The Morgan fingerprint density at radius 2 is 2.31 bits per heavy atom. The van der Waals surface area contributed by atoms with E-state index in [-0.39, 0.29) is 19.6 Å². The zero-order valence-corrected chi connectivity index (χ0v) is 7.24. The van der Waals surface area contributed by atoms with Crippen LogP contribution < -0.4 is 0 Å². The number of carbonyl (C=O) groups excluding carboxylic acids is 3. The fraction of sp³-hybridized carbons (Fsp3) is 0.625. The second kappa shape index (κ2) is 4.02. The lowest BCUT2D eigenvalue weighted by molar-refractivity contribution is -0.158. The van der Waals surface area contributed by atoms with Gasteiger partial charge in [0.1, 0.15) is 5.92 Å². The van der Waals surface area contributed by atoms with Gasteiger partial charge in [0.2, 0.25) is 0 Å². The molecule has 1 rings (SSSR count). The predicted molar refractivity (Wildman–Crippen MR) is 40.7 cm³/mol. The van der Waals surface area contributed by atoms with Crippen LogP contribution in [0.25, 0.3) is 0 Å². The van der Waals surface area contributed by atoms with Gasteiger partial charge in [0.25, 0.3) is 5.78 Å². The van der Waals surface area contributed by atoms with Crippen molar-refractivity contribution in [2.24, 2.45) is 5.92 Å². The van der Waals surface area contributed by atoms with E-state index in [2.05, 4.69) is 9.47 Å². The molecule has 0 aromatic rings. The van der Waals surface area contributed by atoms with Crippen LogP contribution in [0.4, 0.5) is 0 Å². The molecule has 1 heterocycles. The largest absolute Gasteiger partial charge is 0.465 e. The molecule has 0 amide bonds. The minimum atomic E-state index is -0.952. The molecule has 5 heteroatoms. The summed E-state index contributed by atoms with van der Waals surface area (Å²) < 4.78 is 9.02. The Bertz CT molecular complexity index is 245. The number of hydrogen-bond acceptors (Lipinski definition) is 5. The van der Waals surface area contributed by atoms with Crippen molar-refractivity contribution >= 4 is 17.7 Å². The highest BCUT2D eigenvalue weighted by atomic mass is 16.5. The van der Waals surface area contributed by atoms with Crippen molar-refractivity contribution in [3.05, 3.63) is 0 Å². The van der Waals surface area contributed by atoms with Gasteiger partial charge in [0, 0.05) is 6.42 Å². The first-order valence-corrected chi connectivity index (χ1v) is 4.04. The van der Waals surface area contributed by atoms with E-state index < -0.39 is 23.6 Å². The second-order valence-corrected chi connectivity index (χ2v) is 2.59. The van der Waals surface area contributed by atoms with Gasteiger partial charge in [-0.15, -0.1) is 0 Å². The van der Waals surface area contributed by atoms with Gasteiger partial charge in [0.15, 0.2) is 0 Å².